The molecular weight excluding hydrogens is 379 g/mol. The summed E-state index contributed by atoms with van der Waals surface area (Å²) in [5.41, 5.74) is 3.63. The minimum absolute atomic E-state index is 0.00661. The molecular formula is C23H18F3NS. The lowest BCUT2D eigenvalue weighted by atomic mass is 9.99. The number of nitrogens with zero attached hydrogens (tertiary/aromatic N) is 1. The fourth-order valence-electron chi connectivity index (χ4n) is 3.50. The van der Waals surface area contributed by atoms with Crippen LogP contribution in [0, 0.1) is 11.6 Å². The molecule has 0 fully saturated rings. The molecule has 1 heterocycles. The van der Waals surface area contributed by atoms with Gasteiger partial charge in [0.2, 0.25) is 0 Å². The largest absolute Gasteiger partial charge is 0.281 e. The van der Waals surface area contributed by atoms with Crippen molar-refractivity contribution in [1.29, 1.82) is 0 Å². The Morgan fingerprint density at radius 3 is 2.07 bits per heavy atom. The molecule has 3 aromatic rings. The zero-order valence-corrected chi connectivity index (χ0v) is 15.9. The monoisotopic (exact) mass is 397 g/mol. The highest BCUT2D eigenvalue weighted by molar-refractivity contribution is 7.99. The van der Waals surface area contributed by atoms with Gasteiger partial charge in [0.05, 0.1) is 11.6 Å². The van der Waals surface area contributed by atoms with Crippen LogP contribution in [-0.2, 0) is 0 Å². The highest BCUT2D eigenvalue weighted by Crippen LogP contribution is 2.33. The normalized spacial score (nSPS) is 16.2. The Kier molecular flexibility index (Phi) is 5.53. The van der Waals surface area contributed by atoms with Gasteiger partial charge in [-0.1, -0.05) is 54.2 Å². The molecule has 0 saturated carbocycles. The number of aliphatic imine (C=N–C) groups is 1. The standard InChI is InChI=1S/C23H18F3NS/c24-14-28-18-10-8-16(9-11-18)15-4-6-17(7-5-15)21-12-13-22(27-21)23-19(25)2-1-3-20(23)26/h1-11,21H,12-14H2/t21-/m1/s1. The summed E-state index contributed by atoms with van der Waals surface area (Å²) in [4.78, 5) is 5.48. The third-order valence-corrected chi connectivity index (χ3v) is 5.64. The molecule has 0 spiro atoms. The zero-order chi connectivity index (χ0) is 19.5. The van der Waals surface area contributed by atoms with Gasteiger partial charge >= 0.3 is 0 Å². The Hall–Kier alpha value is -2.53. The van der Waals surface area contributed by atoms with Gasteiger partial charge in [0, 0.05) is 10.6 Å². The first-order valence-corrected chi connectivity index (χ1v) is 10.0. The maximum absolute atomic E-state index is 14.0. The first-order valence-electron chi connectivity index (χ1n) is 9.06. The fourth-order valence-corrected chi connectivity index (χ4v) is 3.95. The van der Waals surface area contributed by atoms with Crippen LogP contribution in [-0.4, -0.2) is 11.7 Å². The molecule has 0 aromatic heterocycles. The molecule has 0 bridgehead atoms. The van der Waals surface area contributed by atoms with Gasteiger partial charge in [0.15, 0.2) is 0 Å². The second kappa shape index (κ2) is 8.23. The van der Waals surface area contributed by atoms with Crippen LogP contribution in [0.15, 0.2) is 76.6 Å². The molecule has 0 radical (unpaired) electrons. The van der Waals surface area contributed by atoms with Crippen molar-refractivity contribution in [2.75, 3.05) is 6.01 Å². The van der Waals surface area contributed by atoms with Crippen molar-refractivity contribution >= 4 is 17.5 Å². The van der Waals surface area contributed by atoms with E-state index in [1.54, 1.807) is 0 Å². The highest BCUT2D eigenvalue weighted by Gasteiger charge is 2.24. The molecule has 1 aliphatic heterocycles. The molecule has 0 amide bonds. The average Bonchev–Trinajstić information content (AvgIpc) is 3.19. The van der Waals surface area contributed by atoms with Crippen molar-refractivity contribution < 1.29 is 13.2 Å². The second-order valence-electron chi connectivity index (χ2n) is 6.63. The van der Waals surface area contributed by atoms with Crippen LogP contribution in [0.4, 0.5) is 13.2 Å². The Morgan fingerprint density at radius 2 is 1.46 bits per heavy atom. The predicted molar refractivity (Wildman–Crippen MR) is 109 cm³/mol. The summed E-state index contributed by atoms with van der Waals surface area (Å²) < 4.78 is 40.4. The Balaban J connectivity index is 1.54. The molecule has 1 atom stereocenters. The Bertz CT molecular complexity index is 977. The van der Waals surface area contributed by atoms with Crippen molar-refractivity contribution in [3.63, 3.8) is 0 Å². The topological polar surface area (TPSA) is 12.4 Å². The second-order valence-corrected chi connectivity index (χ2v) is 7.61. The van der Waals surface area contributed by atoms with Gasteiger partial charge in [-0.2, -0.15) is 0 Å². The molecule has 0 unspecified atom stereocenters. The molecule has 5 heteroatoms. The SMILES string of the molecule is FCSc1ccc(-c2ccc([C@H]3CCC(c4c(F)cccc4F)=N3)cc2)cc1. The lowest BCUT2D eigenvalue weighted by Gasteiger charge is -2.09. The summed E-state index contributed by atoms with van der Waals surface area (Å²) in [6, 6.07) is 19.2. The van der Waals surface area contributed by atoms with Crippen molar-refractivity contribution in [2.45, 2.75) is 23.8 Å². The van der Waals surface area contributed by atoms with Gasteiger partial charge in [-0.25, -0.2) is 13.2 Å². The summed E-state index contributed by atoms with van der Waals surface area (Å²) in [5, 5.41) is 0. The predicted octanol–water partition coefficient (Wildman–Crippen LogP) is 6.98. The van der Waals surface area contributed by atoms with E-state index in [1.807, 2.05) is 48.5 Å². The average molecular weight is 397 g/mol. The molecule has 1 nitrogen and oxygen atoms in total. The van der Waals surface area contributed by atoms with Gasteiger partial charge in [-0.05, 0) is 53.8 Å². The number of benzene rings is 3. The van der Waals surface area contributed by atoms with Crippen LogP contribution in [0.1, 0.15) is 30.0 Å². The molecule has 3 aromatic carbocycles. The van der Waals surface area contributed by atoms with E-state index >= 15 is 0 Å². The first-order chi connectivity index (χ1) is 13.7. The summed E-state index contributed by atoms with van der Waals surface area (Å²) in [7, 11) is 0. The number of alkyl halides is 1. The van der Waals surface area contributed by atoms with Crippen molar-refractivity contribution in [3.8, 4) is 11.1 Å². The van der Waals surface area contributed by atoms with Gasteiger partial charge in [-0.15, -0.1) is 0 Å². The van der Waals surface area contributed by atoms with E-state index in [0.29, 0.717) is 12.1 Å². The maximum atomic E-state index is 14.0. The molecule has 4 rings (SSSR count). The van der Waals surface area contributed by atoms with Crippen LogP contribution < -0.4 is 0 Å². The van der Waals surface area contributed by atoms with E-state index in [9.17, 15) is 13.2 Å². The smallest absolute Gasteiger partial charge is 0.139 e. The van der Waals surface area contributed by atoms with Crippen LogP contribution in [0.5, 0.6) is 0 Å². The van der Waals surface area contributed by atoms with E-state index in [2.05, 4.69) is 4.99 Å². The molecule has 28 heavy (non-hydrogen) atoms. The quantitative estimate of drug-likeness (QED) is 0.423. The summed E-state index contributed by atoms with van der Waals surface area (Å²) in [6.07, 6.45) is 1.29. The third kappa shape index (κ3) is 3.85. The molecule has 1 aliphatic rings. The van der Waals surface area contributed by atoms with E-state index in [1.165, 1.54) is 18.2 Å². The maximum Gasteiger partial charge on any atom is 0.139 e. The Morgan fingerprint density at radius 1 is 0.857 bits per heavy atom. The minimum atomic E-state index is -0.566. The fraction of sp³-hybridized carbons (Fsp3) is 0.174. The summed E-state index contributed by atoms with van der Waals surface area (Å²) in [5.74, 6) is -1.13. The van der Waals surface area contributed by atoms with Gasteiger partial charge < -0.3 is 0 Å². The van der Waals surface area contributed by atoms with Crippen molar-refractivity contribution in [1.82, 2.24) is 0 Å². The van der Waals surface area contributed by atoms with E-state index < -0.39 is 17.6 Å². The van der Waals surface area contributed by atoms with Gasteiger partial charge in [-0.3, -0.25) is 4.99 Å². The number of thioether (sulfide) groups is 1. The third-order valence-electron chi connectivity index (χ3n) is 4.92. The minimum Gasteiger partial charge on any atom is -0.281 e. The molecule has 0 saturated heterocycles. The van der Waals surface area contributed by atoms with Crippen LogP contribution in [0.2, 0.25) is 0 Å². The lowest BCUT2D eigenvalue weighted by molar-refractivity contribution is 0.578. The first kappa shape index (κ1) is 18.8. The number of hydrogen-bond acceptors (Lipinski definition) is 2. The summed E-state index contributed by atoms with van der Waals surface area (Å²) >= 11 is 1.16. The summed E-state index contributed by atoms with van der Waals surface area (Å²) in [6.45, 7) is 0. The lowest BCUT2D eigenvalue weighted by Crippen LogP contribution is -2.03. The molecule has 0 N–H and O–H groups in total. The molecule has 142 valence electrons. The van der Waals surface area contributed by atoms with Crippen molar-refractivity contribution in [2.24, 2.45) is 4.99 Å². The van der Waals surface area contributed by atoms with Crippen LogP contribution in [0.25, 0.3) is 11.1 Å². The number of hydrogen-bond donors (Lipinski definition) is 0. The Labute approximate surface area is 166 Å². The molecule has 0 aliphatic carbocycles. The van der Waals surface area contributed by atoms with Crippen molar-refractivity contribution in [3.05, 3.63) is 89.5 Å². The number of rotatable bonds is 5. The zero-order valence-electron chi connectivity index (χ0n) is 15.0. The number of halogens is 3. The van der Waals surface area contributed by atoms with Crippen LogP contribution >= 0.6 is 11.8 Å². The van der Waals surface area contributed by atoms with Crippen LogP contribution in [0.3, 0.4) is 0 Å². The van der Waals surface area contributed by atoms with E-state index in [4.69, 9.17) is 0 Å². The van der Waals surface area contributed by atoms with E-state index in [-0.39, 0.29) is 11.6 Å². The van der Waals surface area contributed by atoms with Gasteiger partial charge in [0.25, 0.3) is 0 Å². The van der Waals surface area contributed by atoms with E-state index in [0.717, 1.165) is 39.8 Å². The van der Waals surface area contributed by atoms with Gasteiger partial charge in [0.1, 0.15) is 17.6 Å². The highest BCUT2D eigenvalue weighted by atomic mass is 32.2.